The number of hydrogen-bond acceptors (Lipinski definition) is 3. The van der Waals surface area contributed by atoms with Crippen molar-refractivity contribution >= 4 is 11.5 Å². The van der Waals surface area contributed by atoms with Gasteiger partial charge in [0.15, 0.2) is 5.78 Å². The summed E-state index contributed by atoms with van der Waals surface area (Å²) in [4.78, 5) is 13.5. The lowest BCUT2D eigenvalue weighted by molar-refractivity contribution is 0.101. The second kappa shape index (κ2) is 5.48. The summed E-state index contributed by atoms with van der Waals surface area (Å²) >= 11 is 0. The highest BCUT2D eigenvalue weighted by Crippen LogP contribution is 2.25. The third-order valence-corrected chi connectivity index (χ3v) is 3.31. The monoisotopic (exact) mass is 251 g/mol. The van der Waals surface area contributed by atoms with Gasteiger partial charge in [0.05, 0.1) is 17.9 Å². The number of hydrogen-bond donors (Lipinski definition) is 0. The molecule has 0 aromatic heterocycles. The Morgan fingerprint density at radius 1 is 1.56 bits per heavy atom. The Balaban J connectivity index is 2.20. The zero-order chi connectivity index (χ0) is 13.1. The van der Waals surface area contributed by atoms with Crippen LogP contribution in [0.15, 0.2) is 18.2 Å². The Hall–Kier alpha value is -1.42. The largest absolute Gasteiger partial charge is 0.381 e. The molecule has 0 N–H and O–H groups in total. The van der Waals surface area contributed by atoms with E-state index in [0.717, 1.165) is 26.2 Å². The smallest absolute Gasteiger partial charge is 0.164 e. The fraction of sp³-hybridized carbons (Fsp3) is 0.500. The number of halogens is 1. The number of benzene rings is 1. The molecule has 1 aliphatic rings. The Morgan fingerprint density at radius 2 is 2.33 bits per heavy atom. The van der Waals surface area contributed by atoms with E-state index >= 15 is 0 Å². The summed E-state index contributed by atoms with van der Waals surface area (Å²) in [5.41, 5.74) is 0.841. The highest BCUT2D eigenvalue weighted by atomic mass is 19.1. The summed E-state index contributed by atoms with van der Waals surface area (Å²) in [5.74, 6) is -0.231. The maximum absolute atomic E-state index is 13.7. The number of rotatable bonds is 4. The molecule has 1 aromatic rings. The highest BCUT2D eigenvalue weighted by Gasteiger charge is 2.21. The Morgan fingerprint density at radius 3 is 2.94 bits per heavy atom. The third kappa shape index (κ3) is 2.70. The van der Waals surface area contributed by atoms with Crippen LogP contribution >= 0.6 is 0 Å². The van der Waals surface area contributed by atoms with E-state index in [1.807, 2.05) is 11.9 Å². The quantitative estimate of drug-likeness (QED) is 0.770. The molecule has 18 heavy (non-hydrogen) atoms. The minimum atomic E-state index is -0.450. The molecule has 0 saturated carbocycles. The molecule has 1 heterocycles. The van der Waals surface area contributed by atoms with Crippen LogP contribution in [0.3, 0.4) is 0 Å². The van der Waals surface area contributed by atoms with Crippen LogP contribution in [-0.4, -0.2) is 32.6 Å². The summed E-state index contributed by atoms with van der Waals surface area (Å²) in [6.45, 7) is 3.72. The van der Waals surface area contributed by atoms with Crippen molar-refractivity contribution in [2.75, 3.05) is 31.7 Å². The lowest BCUT2D eigenvalue weighted by Crippen LogP contribution is -2.27. The number of Topliss-reactive ketones (excluding diaryl/α,β-unsaturated/α-hetero) is 1. The Bertz CT molecular complexity index is 441. The van der Waals surface area contributed by atoms with E-state index in [4.69, 9.17) is 4.74 Å². The number of ketones is 1. The number of carbonyl (C=O) groups excluding carboxylic acids is 1. The van der Waals surface area contributed by atoms with E-state index in [1.54, 1.807) is 12.1 Å². The van der Waals surface area contributed by atoms with Gasteiger partial charge in [0.2, 0.25) is 0 Å². The van der Waals surface area contributed by atoms with E-state index in [0.29, 0.717) is 11.6 Å². The molecule has 0 spiro atoms. The predicted molar refractivity (Wildman–Crippen MR) is 68.6 cm³/mol. The SMILES string of the molecule is CC(=O)c1c(F)cccc1N(C)CC1CCOC1. The molecule has 1 unspecified atom stereocenters. The van der Waals surface area contributed by atoms with Crippen molar-refractivity contribution in [1.82, 2.24) is 0 Å². The van der Waals surface area contributed by atoms with Crippen LogP contribution in [0.2, 0.25) is 0 Å². The first kappa shape index (κ1) is 13.0. The van der Waals surface area contributed by atoms with E-state index < -0.39 is 5.82 Å². The lowest BCUT2D eigenvalue weighted by atomic mass is 10.1. The average Bonchev–Trinajstić information content (AvgIpc) is 2.80. The molecule has 1 aromatic carbocycles. The second-order valence-corrected chi connectivity index (χ2v) is 4.80. The summed E-state index contributed by atoms with van der Waals surface area (Å²) in [5, 5.41) is 0. The van der Waals surface area contributed by atoms with Crippen LogP contribution in [0.4, 0.5) is 10.1 Å². The van der Waals surface area contributed by atoms with Gasteiger partial charge < -0.3 is 9.64 Å². The summed E-state index contributed by atoms with van der Waals surface area (Å²) < 4.78 is 19.0. The van der Waals surface area contributed by atoms with Crippen molar-refractivity contribution in [3.8, 4) is 0 Å². The van der Waals surface area contributed by atoms with Crippen LogP contribution in [0.1, 0.15) is 23.7 Å². The molecule has 4 heteroatoms. The minimum absolute atomic E-state index is 0.180. The van der Waals surface area contributed by atoms with Gasteiger partial charge in [-0.05, 0) is 25.5 Å². The summed E-state index contributed by atoms with van der Waals surface area (Å²) in [6.07, 6.45) is 1.02. The van der Waals surface area contributed by atoms with Crippen molar-refractivity contribution in [2.45, 2.75) is 13.3 Å². The van der Waals surface area contributed by atoms with E-state index in [1.165, 1.54) is 13.0 Å². The number of anilines is 1. The molecule has 1 saturated heterocycles. The molecule has 3 nitrogen and oxygen atoms in total. The normalized spacial score (nSPS) is 18.9. The molecule has 0 radical (unpaired) electrons. The van der Waals surface area contributed by atoms with Gasteiger partial charge in [0.1, 0.15) is 5.82 Å². The standard InChI is InChI=1S/C14H18FNO2/c1-10(17)14-12(15)4-3-5-13(14)16(2)8-11-6-7-18-9-11/h3-5,11H,6-9H2,1-2H3. The second-order valence-electron chi connectivity index (χ2n) is 4.80. The molecular weight excluding hydrogens is 233 g/mol. The third-order valence-electron chi connectivity index (χ3n) is 3.31. The van der Waals surface area contributed by atoms with Gasteiger partial charge in [-0.25, -0.2) is 4.39 Å². The molecular formula is C14H18FNO2. The van der Waals surface area contributed by atoms with Gasteiger partial charge >= 0.3 is 0 Å². The molecule has 0 amide bonds. The first-order chi connectivity index (χ1) is 8.59. The molecule has 0 bridgehead atoms. The van der Waals surface area contributed by atoms with Crippen LogP contribution < -0.4 is 4.90 Å². The minimum Gasteiger partial charge on any atom is -0.381 e. The van der Waals surface area contributed by atoms with E-state index in [2.05, 4.69) is 0 Å². The van der Waals surface area contributed by atoms with Crippen LogP contribution in [0.25, 0.3) is 0 Å². The van der Waals surface area contributed by atoms with Gasteiger partial charge in [0.25, 0.3) is 0 Å². The number of ether oxygens (including phenoxy) is 1. The van der Waals surface area contributed by atoms with Crippen molar-refractivity contribution in [3.05, 3.63) is 29.6 Å². The fourth-order valence-electron chi connectivity index (χ4n) is 2.39. The maximum Gasteiger partial charge on any atom is 0.164 e. The molecule has 1 atom stereocenters. The predicted octanol–water partition coefficient (Wildman–Crippen LogP) is 2.50. The van der Waals surface area contributed by atoms with Crippen molar-refractivity contribution in [1.29, 1.82) is 0 Å². The topological polar surface area (TPSA) is 29.5 Å². The molecule has 0 aliphatic carbocycles. The molecule has 1 fully saturated rings. The Labute approximate surface area is 107 Å². The molecule has 1 aliphatic heterocycles. The summed E-state index contributed by atoms with van der Waals surface area (Å²) in [7, 11) is 1.89. The first-order valence-corrected chi connectivity index (χ1v) is 6.18. The van der Waals surface area contributed by atoms with Crippen LogP contribution in [-0.2, 0) is 4.74 Å². The van der Waals surface area contributed by atoms with Crippen molar-refractivity contribution in [3.63, 3.8) is 0 Å². The Kier molecular flexibility index (Phi) is 3.97. The van der Waals surface area contributed by atoms with Crippen LogP contribution in [0.5, 0.6) is 0 Å². The molecule has 2 rings (SSSR count). The van der Waals surface area contributed by atoms with Crippen molar-refractivity contribution in [2.24, 2.45) is 5.92 Å². The van der Waals surface area contributed by atoms with Crippen LogP contribution in [0, 0.1) is 11.7 Å². The zero-order valence-corrected chi connectivity index (χ0v) is 10.8. The number of carbonyl (C=O) groups is 1. The fourth-order valence-corrected chi connectivity index (χ4v) is 2.39. The zero-order valence-electron chi connectivity index (χ0n) is 10.8. The lowest BCUT2D eigenvalue weighted by Gasteiger charge is -2.24. The molecule has 98 valence electrons. The van der Waals surface area contributed by atoms with E-state index in [9.17, 15) is 9.18 Å². The number of nitrogens with zero attached hydrogens (tertiary/aromatic N) is 1. The average molecular weight is 251 g/mol. The van der Waals surface area contributed by atoms with E-state index in [-0.39, 0.29) is 11.3 Å². The first-order valence-electron chi connectivity index (χ1n) is 6.18. The van der Waals surface area contributed by atoms with Gasteiger partial charge in [0, 0.05) is 26.1 Å². The van der Waals surface area contributed by atoms with Gasteiger partial charge in [-0.3, -0.25) is 4.79 Å². The van der Waals surface area contributed by atoms with Gasteiger partial charge in [-0.2, -0.15) is 0 Å². The van der Waals surface area contributed by atoms with Gasteiger partial charge in [-0.15, -0.1) is 0 Å². The maximum atomic E-state index is 13.7. The highest BCUT2D eigenvalue weighted by molar-refractivity contribution is 6.00. The van der Waals surface area contributed by atoms with Crippen molar-refractivity contribution < 1.29 is 13.9 Å². The van der Waals surface area contributed by atoms with Gasteiger partial charge in [-0.1, -0.05) is 6.07 Å². The summed E-state index contributed by atoms with van der Waals surface area (Å²) in [6, 6.07) is 4.75.